The van der Waals surface area contributed by atoms with E-state index in [9.17, 15) is 23.4 Å². The molecule has 3 rings (SSSR count). The number of carboxylic acids is 1. The van der Waals surface area contributed by atoms with Crippen molar-refractivity contribution in [2.24, 2.45) is 0 Å². The number of thioether (sulfide) groups is 1. The van der Waals surface area contributed by atoms with Crippen molar-refractivity contribution in [3.05, 3.63) is 66.0 Å². The fourth-order valence-corrected chi connectivity index (χ4v) is 6.37. The third-order valence-corrected chi connectivity index (χ3v) is 8.21. The smallest absolute Gasteiger partial charge is 0.321 e. The minimum absolute atomic E-state index is 0.0634. The maximum absolute atomic E-state index is 12.8. The van der Waals surface area contributed by atoms with Crippen LogP contribution in [0.5, 0.6) is 5.75 Å². The molecule has 0 saturated carbocycles. The van der Waals surface area contributed by atoms with E-state index < -0.39 is 27.0 Å². The van der Waals surface area contributed by atoms with E-state index in [1.165, 1.54) is 30.4 Å². The number of thiophene rings is 1. The summed E-state index contributed by atoms with van der Waals surface area (Å²) in [6.07, 6.45) is -0.311. The first-order valence-corrected chi connectivity index (χ1v) is 12.7. The van der Waals surface area contributed by atoms with E-state index in [-0.39, 0.29) is 11.3 Å². The zero-order chi connectivity index (χ0) is 23.4. The van der Waals surface area contributed by atoms with Gasteiger partial charge in [-0.05, 0) is 53.8 Å². The third-order valence-electron chi connectivity index (χ3n) is 4.58. The van der Waals surface area contributed by atoms with Crippen molar-refractivity contribution >= 4 is 39.1 Å². The summed E-state index contributed by atoms with van der Waals surface area (Å²) >= 11 is 2.50. The summed E-state index contributed by atoms with van der Waals surface area (Å²) in [4.78, 5) is 10.2. The van der Waals surface area contributed by atoms with Crippen LogP contribution in [0.2, 0.25) is 0 Å². The van der Waals surface area contributed by atoms with E-state index in [2.05, 4.69) is 4.72 Å². The molecule has 170 valence electrons. The van der Waals surface area contributed by atoms with Crippen molar-refractivity contribution in [1.82, 2.24) is 4.72 Å². The minimum Gasteiger partial charge on any atom is -0.497 e. The number of aliphatic carboxylic acids is 1. The standard InChI is InChI=1S/C22H23NO6S3/c1-22(26,31-20-4-3-13-30-20)14-19(21(24)25)23-32(27,28)18-11-7-16(8-12-18)15-5-9-17(29-2)10-6-15/h3-13,19,23,26H,14H2,1-2H3,(H,24,25). The number of rotatable bonds is 10. The first-order chi connectivity index (χ1) is 15.1. The molecule has 0 spiro atoms. The molecule has 0 aliphatic carbocycles. The molecular formula is C22H23NO6S3. The van der Waals surface area contributed by atoms with E-state index in [0.29, 0.717) is 5.75 Å². The average molecular weight is 494 g/mol. The normalized spacial score (nSPS) is 14.5. The highest BCUT2D eigenvalue weighted by Gasteiger charge is 2.34. The van der Waals surface area contributed by atoms with E-state index in [0.717, 1.165) is 27.1 Å². The van der Waals surface area contributed by atoms with Crippen LogP contribution in [-0.4, -0.2) is 42.7 Å². The van der Waals surface area contributed by atoms with Crippen LogP contribution in [0.15, 0.2) is 75.1 Å². The summed E-state index contributed by atoms with van der Waals surface area (Å²) in [5.41, 5.74) is 1.68. The topological polar surface area (TPSA) is 113 Å². The molecule has 7 nitrogen and oxygen atoms in total. The summed E-state index contributed by atoms with van der Waals surface area (Å²) in [6, 6.07) is 15.6. The predicted octanol–water partition coefficient (Wildman–Crippen LogP) is 4.05. The van der Waals surface area contributed by atoms with Gasteiger partial charge in [-0.2, -0.15) is 4.72 Å². The lowest BCUT2D eigenvalue weighted by atomic mass is 10.1. The number of benzene rings is 2. The van der Waals surface area contributed by atoms with Gasteiger partial charge < -0.3 is 14.9 Å². The second-order valence-electron chi connectivity index (χ2n) is 7.18. The van der Waals surface area contributed by atoms with Crippen molar-refractivity contribution in [2.45, 2.75) is 33.4 Å². The van der Waals surface area contributed by atoms with Crippen molar-refractivity contribution < 1.29 is 28.2 Å². The van der Waals surface area contributed by atoms with Crippen LogP contribution in [0.3, 0.4) is 0 Å². The molecule has 0 radical (unpaired) electrons. The Morgan fingerprint density at radius 2 is 1.72 bits per heavy atom. The molecule has 2 unspecified atom stereocenters. The van der Waals surface area contributed by atoms with Gasteiger partial charge in [-0.1, -0.05) is 42.1 Å². The van der Waals surface area contributed by atoms with Crippen molar-refractivity contribution in [1.29, 1.82) is 0 Å². The molecule has 0 aliphatic heterocycles. The Bertz CT molecular complexity index is 1140. The SMILES string of the molecule is COc1ccc(-c2ccc(S(=O)(=O)NC(CC(C)(O)Sc3cccs3)C(=O)O)cc2)cc1. The van der Waals surface area contributed by atoms with Crippen LogP contribution in [0, 0.1) is 0 Å². The summed E-state index contributed by atoms with van der Waals surface area (Å²) in [7, 11) is -2.54. The Morgan fingerprint density at radius 1 is 1.12 bits per heavy atom. The molecular weight excluding hydrogens is 470 g/mol. The van der Waals surface area contributed by atoms with E-state index in [1.54, 1.807) is 37.4 Å². The van der Waals surface area contributed by atoms with Gasteiger partial charge in [0.1, 0.15) is 16.7 Å². The van der Waals surface area contributed by atoms with Crippen molar-refractivity contribution in [2.75, 3.05) is 7.11 Å². The second-order valence-corrected chi connectivity index (χ2v) is 11.6. The number of ether oxygens (including phenoxy) is 1. The van der Waals surface area contributed by atoms with Gasteiger partial charge in [0.05, 0.1) is 16.2 Å². The minimum atomic E-state index is -4.12. The van der Waals surface area contributed by atoms with E-state index in [4.69, 9.17) is 4.74 Å². The summed E-state index contributed by atoms with van der Waals surface area (Å²) in [5.74, 6) is -0.652. The number of hydrogen-bond donors (Lipinski definition) is 3. The molecule has 32 heavy (non-hydrogen) atoms. The number of methoxy groups -OCH3 is 1. The Balaban J connectivity index is 1.74. The lowest BCUT2D eigenvalue weighted by Gasteiger charge is -2.26. The van der Waals surface area contributed by atoms with Crippen LogP contribution in [0.1, 0.15) is 13.3 Å². The molecule has 0 saturated heterocycles. The van der Waals surface area contributed by atoms with Gasteiger partial charge in [-0.3, -0.25) is 4.79 Å². The molecule has 1 aromatic heterocycles. The maximum atomic E-state index is 12.8. The monoisotopic (exact) mass is 493 g/mol. The summed E-state index contributed by atoms with van der Waals surface area (Å²) in [5, 5.41) is 22.0. The van der Waals surface area contributed by atoms with Gasteiger partial charge in [0.25, 0.3) is 0 Å². The van der Waals surface area contributed by atoms with Gasteiger partial charge in [-0.25, -0.2) is 8.42 Å². The van der Waals surface area contributed by atoms with Gasteiger partial charge in [-0.15, -0.1) is 11.3 Å². The quantitative estimate of drug-likeness (QED) is 0.288. The average Bonchev–Trinajstić information content (AvgIpc) is 3.25. The zero-order valence-electron chi connectivity index (χ0n) is 17.4. The molecule has 10 heteroatoms. The highest BCUT2D eigenvalue weighted by atomic mass is 32.2. The Labute approximate surface area is 195 Å². The van der Waals surface area contributed by atoms with E-state index in [1.807, 2.05) is 23.6 Å². The fourth-order valence-electron chi connectivity index (χ4n) is 3.00. The third kappa shape index (κ3) is 6.33. The number of hydrogen-bond acceptors (Lipinski definition) is 7. The molecule has 2 aromatic carbocycles. The predicted molar refractivity (Wildman–Crippen MR) is 126 cm³/mol. The van der Waals surface area contributed by atoms with Crippen LogP contribution in [0.4, 0.5) is 0 Å². The number of nitrogens with one attached hydrogen (secondary N) is 1. The lowest BCUT2D eigenvalue weighted by Crippen LogP contribution is -2.44. The molecule has 0 aliphatic rings. The lowest BCUT2D eigenvalue weighted by molar-refractivity contribution is -0.139. The zero-order valence-corrected chi connectivity index (χ0v) is 19.8. The van der Waals surface area contributed by atoms with Gasteiger partial charge in [0, 0.05) is 6.42 Å². The molecule has 3 aromatic rings. The molecule has 0 fully saturated rings. The molecule has 0 amide bonds. The van der Waals surface area contributed by atoms with Gasteiger partial charge in [0.2, 0.25) is 10.0 Å². The van der Waals surface area contributed by atoms with Crippen LogP contribution < -0.4 is 9.46 Å². The second kappa shape index (κ2) is 10.1. The van der Waals surface area contributed by atoms with Crippen LogP contribution in [0.25, 0.3) is 11.1 Å². The Morgan fingerprint density at radius 3 is 2.22 bits per heavy atom. The maximum Gasteiger partial charge on any atom is 0.321 e. The van der Waals surface area contributed by atoms with Crippen LogP contribution >= 0.6 is 23.1 Å². The highest BCUT2D eigenvalue weighted by molar-refractivity contribution is 8.02. The Hall–Kier alpha value is -2.37. The number of aliphatic hydroxyl groups is 1. The van der Waals surface area contributed by atoms with Gasteiger partial charge >= 0.3 is 5.97 Å². The first kappa shape index (κ1) is 24.3. The summed E-state index contributed by atoms with van der Waals surface area (Å²) < 4.78 is 33.7. The molecule has 1 heterocycles. The van der Waals surface area contributed by atoms with Crippen molar-refractivity contribution in [3.63, 3.8) is 0 Å². The molecule has 2 atom stereocenters. The largest absolute Gasteiger partial charge is 0.497 e. The molecule has 0 bridgehead atoms. The number of carboxylic acid groups (broad SMARTS) is 1. The molecule has 3 N–H and O–H groups in total. The number of sulfonamides is 1. The Kier molecular flexibility index (Phi) is 7.63. The first-order valence-electron chi connectivity index (χ1n) is 9.54. The highest BCUT2D eigenvalue weighted by Crippen LogP contribution is 2.37. The summed E-state index contributed by atoms with van der Waals surface area (Å²) in [6.45, 7) is 1.46. The number of carbonyl (C=O) groups is 1. The van der Waals surface area contributed by atoms with Gasteiger partial charge in [0.15, 0.2) is 0 Å². The fraction of sp³-hybridized carbons (Fsp3) is 0.227. The van der Waals surface area contributed by atoms with Crippen molar-refractivity contribution in [3.8, 4) is 16.9 Å². The van der Waals surface area contributed by atoms with E-state index >= 15 is 0 Å². The van der Waals surface area contributed by atoms with Crippen LogP contribution in [-0.2, 0) is 14.8 Å².